The van der Waals surface area contributed by atoms with E-state index in [0.29, 0.717) is 16.3 Å². The lowest BCUT2D eigenvalue weighted by molar-refractivity contribution is -0.116. The van der Waals surface area contributed by atoms with Crippen LogP contribution in [-0.4, -0.2) is 28.3 Å². The Labute approximate surface area is 174 Å². The van der Waals surface area contributed by atoms with E-state index >= 15 is 0 Å². The Morgan fingerprint density at radius 1 is 1.03 bits per heavy atom. The van der Waals surface area contributed by atoms with Crippen LogP contribution >= 0.6 is 11.8 Å². The molecular formula is C22H22N4O2S. The van der Waals surface area contributed by atoms with Crippen molar-refractivity contribution in [2.45, 2.75) is 30.2 Å². The standard InChI is InChI=1S/C22H22N4O2S/c1-15-7-8-18(13-16(15)2)29-22-19(6-4-11-25-22)21(28)24-12-9-20(27)26-17-5-3-10-23-14-17/h3-8,10-11,13-14H,9,12H2,1-2H3,(H,24,28)(H,26,27). The third-order valence-electron chi connectivity index (χ3n) is 4.29. The Morgan fingerprint density at radius 3 is 2.62 bits per heavy atom. The molecule has 3 aromatic rings. The number of hydrogen-bond donors (Lipinski definition) is 2. The molecule has 0 saturated carbocycles. The van der Waals surface area contributed by atoms with Crippen molar-refractivity contribution in [3.63, 3.8) is 0 Å². The second-order valence-corrected chi connectivity index (χ2v) is 7.56. The van der Waals surface area contributed by atoms with E-state index in [9.17, 15) is 9.59 Å². The van der Waals surface area contributed by atoms with Crippen LogP contribution in [0.5, 0.6) is 0 Å². The van der Waals surface area contributed by atoms with Crippen molar-refractivity contribution in [1.29, 1.82) is 0 Å². The summed E-state index contributed by atoms with van der Waals surface area (Å²) in [6, 6.07) is 13.1. The van der Waals surface area contributed by atoms with E-state index < -0.39 is 0 Å². The second-order valence-electron chi connectivity index (χ2n) is 6.50. The van der Waals surface area contributed by atoms with Gasteiger partial charge in [-0.25, -0.2) is 4.98 Å². The molecule has 2 amide bonds. The highest BCUT2D eigenvalue weighted by Crippen LogP contribution is 2.29. The number of aryl methyl sites for hydroxylation is 2. The third-order valence-corrected chi connectivity index (χ3v) is 5.30. The Bertz CT molecular complexity index is 1010. The number of carbonyl (C=O) groups excluding carboxylic acids is 2. The van der Waals surface area contributed by atoms with Crippen LogP contribution in [-0.2, 0) is 4.79 Å². The Morgan fingerprint density at radius 2 is 1.86 bits per heavy atom. The molecule has 0 aliphatic rings. The SMILES string of the molecule is Cc1ccc(Sc2ncccc2C(=O)NCCC(=O)Nc2cccnc2)cc1C. The molecule has 0 radical (unpaired) electrons. The summed E-state index contributed by atoms with van der Waals surface area (Å²) in [6.45, 7) is 4.35. The lowest BCUT2D eigenvalue weighted by atomic mass is 10.1. The first-order valence-electron chi connectivity index (χ1n) is 9.21. The lowest BCUT2D eigenvalue weighted by Crippen LogP contribution is -2.28. The largest absolute Gasteiger partial charge is 0.351 e. The minimum absolute atomic E-state index is 0.167. The number of carbonyl (C=O) groups is 2. The topological polar surface area (TPSA) is 84.0 Å². The third kappa shape index (κ3) is 5.89. The average molecular weight is 407 g/mol. The van der Waals surface area contributed by atoms with Crippen molar-refractivity contribution in [2.75, 3.05) is 11.9 Å². The van der Waals surface area contributed by atoms with Gasteiger partial charge in [0.25, 0.3) is 5.91 Å². The fraction of sp³-hybridized carbons (Fsp3) is 0.182. The van der Waals surface area contributed by atoms with Gasteiger partial charge in [0.05, 0.1) is 17.4 Å². The van der Waals surface area contributed by atoms with Gasteiger partial charge >= 0.3 is 0 Å². The van der Waals surface area contributed by atoms with Gasteiger partial charge in [0, 0.05) is 30.3 Å². The van der Waals surface area contributed by atoms with Crippen molar-refractivity contribution in [2.24, 2.45) is 0 Å². The van der Waals surface area contributed by atoms with Crippen LogP contribution in [0.1, 0.15) is 27.9 Å². The summed E-state index contributed by atoms with van der Waals surface area (Å²) in [4.78, 5) is 33.9. The fourth-order valence-electron chi connectivity index (χ4n) is 2.58. The van der Waals surface area contributed by atoms with Gasteiger partial charge < -0.3 is 10.6 Å². The first kappa shape index (κ1) is 20.5. The highest BCUT2D eigenvalue weighted by Gasteiger charge is 2.14. The summed E-state index contributed by atoms with van der Waals surface area (Å²) < 4.78 is 0. The van der Waals surface area contributed by atoms with Crippen molar-refractivity contribution in [3.05, 3.63) is 77.7 Å². The zero-order chi connectivity index (χ0) is 20.6. The van der Waals surface area contributed by atoms with Crippen LogP contribution in [0.15, 0.2) is 71.0 Å². The minimum atomic E-state index is -0.251. The number of nitrogens with one attached hydrogen (secondary N) is 2. The molecule has 0 unspecified atom stereocenters. The Kier molecular flexibility index (Phi) is 6.97. The van der Waals surface area contributed by atoms with Crippen molar-refractivity contribution in [1.82, 2.24) is 15.3 Å². The molecule has 0 spiro atoms. The summed E-state index contributed by atoms with van der Waals surface area (Å²) in [5.41, 5.74) is 3.53. The van der Waals surface area contributed by atoms with E-state index in [-0.39, 0.29) is 24.8 Å². The predicted molar refractivity (Wildman–Crippen MR) is 114 cm³/mol. The fourth-order valence-corrected chi connectivity index (χ4v) is 3.56. The number of benzene rings is 1. The normalized spacial score (nSPS) is 10.4. The van der Waals surface area contributed by atoms with E-state index in [1.807, 2.05) is 6.07 Å². The van der Waals surface area contributed by atoms with Crippen LogP contribution in [0, 0.1) is 13.8 Å². The highest BCUT2D eigenvalue weighted by atomic mass is 32.2. The molecule has 0 saturated heterocycles. The Balaban J connectivity index is 1.58. The summed E-state index contributed by atoms with van der Waals surface area (Å²) in [7, 11) is 0. The van der Waals surface area contributed by atoms with Crippen LogP contribution in [0.25, 0.3) is 0 Å². The summed E-state index contributed by atoms with van der Waals surface area (Å²) in [6.07, 6.45) is 5.04. The van der Waals surface area contributed by atoms with Gasteiger partial charge in [-0.05, 0) is 61.4 Å². The van der Waals surface area contributed by atoms with E-state index in [4.69, 9.17) is 0 Å². The molecule has 148 valence electrons. The zero-order valence-corrected chi connectivity index (χ0v) is 17.1. The van der Waals surface area contributed by atoms with Crippen molar-refractivity contribution >= 4 is 29.3 Å². The number of rotatable bonds is 7. The molecule has 0 aliphatic heterocycles. The molecule has 0 fully saturated rings. The maximum atomic E-state index is 12.6. The maximum absolute atomic E-state index is 12.6. The van der Waals surface area contributed by atoms with Gasteiger partial charge in [-0.15, -0.1) is 0 Å². The van der Waals surface area contributed by atoms with Crippen molar-refractivity contribution in [3.8, 4) is 0 Å². The molecule has 0 atom stereocenters. The molecule has 3 rings (SSSR count). The van der Waals surface area contributed by atoms with Crippen LogP contribution < -0.4 is 10.6 Å². The van der Waals surface area contributed by atoms with Gasteiger partial charge in [-0.1, -0.05) is 17.8 Å². The molecule has 29 heavy (non-hydrogen) atoms. The zero-order valence-electron chi connectivity index (χ0n) is 16.3. The van der Waals surface area contributed by atoms with Gasteiger partial charge in [0.15, 0.2) is 0 Å². The molecule has 0 bridgehead atoms. The number of anilines is 1. The van der Waals surface area contributed by atoms with Gasteiger partial charge in [0.1, 0.15) is 5.03 Å². The molecule has 2 aromatic heterocycles. The van der Waals surface area contributed by atoms with Gasteiger partial charge in [0.2, 0.25) is 5.91 Å². The number of amides is 2. The second kappa shape index (κ2) is 9.84. The van der Waals surface area contributed by atoms with E-state index in [2.05, 4.69) is 46.6 Å². The molecule has 7 heteroatoms. The van der Waals surface area contributed by atoms with Gasteiger partial charge in [-0.2, -0.15) is 0 Å². The molecule has 2 heterocycles. The van der Waals surface area contributed by atoms with Crippen LogP contribution in [0.4, 0.5) is 5.69 Å². The molecule has 6 nitrogen and oxygen atoms in total. The monoisotopic (exact) mass is 406 g/mol. The molecule has 0 aliphatic carbocycles. The number of pyridine rings is 2. The average Bonchev–Trinajstić information content (AvgIpc) is 2.72. The highest BCUT2D eigenvalue weighted by molar-refractivity contribution is 7.99. The Hall–Kier alpha value is -3.19. The first-order valence-corrected chi connectivity index (χ1v) is 10.0. The maximum Gasteiger partial charge on any atom is 0.254 e. The predicted octanol–water partition coefficient (Wildman–Crippen LogP) is 4.00. The minimum Gasteiger partial charge on any atom is -0.351 e. The van der Waals surface area contributed by atoms with Gasteiger partial charge in [-0.3, -0.25) is 14.6 Å². The molecular weight excluding hydrogens is 384 g/mol. The number of aromatic nitrogens is 2. The van der Waals surface area contributed by atoms with E-state index in [1.165, 1.54) is 22.9 Å². The smallest absolute Gasteiger partial charge is 0.254 e. The summed E-state index contributed by atoms with van der Waals surface area (Å²) in [5, 5.41) is 6.17. The van der Waals surface area contributed by atoms with Crippen molar-refractivity contribution < 1.29 is 9.59 Å². The number of hydrogen-bond acceptors (Lipinski definition) is 5. The van der Waals surface area contributed by atoms with Crippen LogP contribution in [0.2, 0.25) is 0 Å². The van der Waals surface area contributed by atoms with Crippen LogP contribution in [0.3, 0.4) is 0 Å². The lowest BCUT2D eigenvalue weighted by Gasteiger charge is -2.10. The first-order chi connectivity index (χ1) is 14.0. The van der Waals surface area contributed by atoms with E-state index in [1.54, 1.807) is 42.9 Å². The number of nitrogens with zero attached hydrogens (tertiary/aromatic N) is 2. The molecule has 2 N–H and O–H groups in total. The molecule has 1 aromatic carbocycles. The summed E-state index contributed by atoms with van der Waals surface area (Å²) in [5.74, 6) is -0.437. The quantitative estimate of drug-likeness (QED) is 0.619. The van der Waals surface area contributed by atoms with E-state index in [0.717, 1.165) is 4.90 Å². The summed E-state index contributed by atoms with van der Waals surface area (Å²) >= 11 is 1.45.